The van der Waals surface area contributed by atoms with Crippen molar-refractivity contribution in [1.29, 1.82) is 0 Å². The van der Waals surface area contributed by atoms with Crippen LogP contribution in [0.3, 0.4) is 0 Å². The molecule has 0 aliphatic carbocycles. The lowest BCUT2D eigenvalue weighted by atomic mass is 10.1. The molecule has 0 aliphatic heterocycles. The highest BCUT2D eigenvalue weighted by atomic mass is 32.2. The van der Waals surface area contributed by atoms with Crippen molar-refractivity contribution in [3.05, 3.63) is 60.2 Å². The summed E-state index contributed by atoms with van der Waals surface area (Å²) >= 11 is 0. The lowest BCUT2D eigenvalue weighted by molar-refractivity contribution is 0.102. The van der Waals surface area contributed by atoms with Crippen molar-refractivity contribution in [2.45, 2.75) is 9.79 Å². The number of carbonyl (C=O) groups is 1. The molecular formula is C17H13NO8S2. The maximum Gasteiger partial charge on any atom is 0.297 e. The summed E-state index contributed by atoms with van der Waals surface area (Å²) < 4.78 is 65.6. The number of carbonyl (C=O) groups excluding carboxylic acids is 1. The predicted molar refractivity (Wildman–Crippen MR) is 99.6 cm³/mol. The summed E-state index contributed by atoms with van der Waals surface area (Å²) in [5, 5.41) is 11.8. The van der Waals surface area contributed by atoms with Crippen LogP contribution in [0.15, 0.2) is 64.4 Å². The molecule has 0 aliphatic rings. The number of nitrogens with one attached hydrogen (secondary N) is 1. The first-order chi connectivity index (χ1) is 13.0. The monoisotopic (exact) mass is 423 g/mol. The molecule has 0 heterocycles. The molecule has 3 aromatic carbocycles. The van der Waals surface area contributed by atoms with E-state index in [2.05, 4.69) is 5.32 Å². The molecule has 1 amide bonds. The molecule has 0 saturated carbocycles. The first kappa shape index (κ1) is 19.8. The van der Waals surface area contributed by atoms with E-state index in [1.807, 2.05) is 0 Å². The highest BCUT2D eigenvalue weighted by molar-refractivity contribution is 7.86. The van der Waals surface area contributed by atoms with E-state index in [0.717, 1.165) is 18.2 Å². The molecule has 0 spiro atoms. The van der Waals surface area contributed by atoms with Gasteiger partial charge in [0.25, 0.3) is 26.1 Å². The second-order valence-corrected chi connectivity index (χ2v) is 8.53. The Balaban J connectivity index is 2.28. The maximum absolute atomic E-state index is 12.3. The SMILES string of the molecule is O=C(Nc1ccc2c(O)cc(S(=O)(=O)O)cc2c1S(=O)(=O)O)c1ccccc1. The van der Waals surface area contributed by atoms with Gasteiger partial charge in [-0.2, -0.15) is 16.8 Å². The van der Waals surface area contributed by atoms with Gasteiger partial charge in [0.2, 0.25) is 0 Å². The Labute approximate surface area is 159 Å². The van der Waals surface area contributed by atoms with E-state index in [0.29, 0.717) is 0 Å². The topological polar surface area (TPSA) is 158 Å². The van der Waals surface area contributed by atoms with Gasteiger partial charge in [0.15, 0.2) is 0 Å². The van der Waals surface area contributed by atoms with E-state index < -0.39 is 47.1 Å². The second kappa shape index (κ2) is 6.87. The minimum Gasteiger partial charge on any atom is -0.507 e. The zero-order valence-corrected chi connectivity index (χ0v) is 15.5. The van der Waals surface area contributed by atoms with Crippen molar-refractivity contribution in [2.24, 2.45) is 0 Å². The minimum atomic E-state index is -4.97. The van der Waals surface area contributed by atoms with Gasteiger partial charge in [0, 0.05) is 22.4 Å². The normalized spacial score (nSPS) is 12.1. The first-order valence-corrected chi connectivity index (χ1v) is 10.5. The van der Waals surface area contributed by atoms with Gasteiger partial charge >= 0.3 is 0 Å². The van der Waals surface area contributed by atoms with Crippen molar-refractivity contribution < 1.29 is 35.8 Å². The van der Waals surface area contributed by atoms with Gasteiger partial charge in [-0.3, -0.25) is 13.9 Å². The average molecular weight is 423 g/mol. The molecule has 4 N–H and O–H groups in total. The standard InChI is InChI=1S/C17H13NO8S2/c19-15-9-11(27(21,22)23)8-13-12(15)6-7-14(16(13)28(24,25)26)18-17(20)10-4-2-1-3-5-10/h1-9,19H,(H,18,20)(H,21,22,23)(H,24,25,26). The van der Waals surface area contributed by atoms with Gasteiger partial charge < -0.3 is 10.4 Å². The summed E-state index contributed by atoms with van der Waals surface area (Å²) in [5.74, 6) is -1.32. The van der Waals surface area contributed by atoms with E-state index in [1.165, 1.54) is 18.2 Å². The highest BCUT2D eigenvalue weighted by Gasteiger charge is 2.24. The third kappa shape index (κ3) is 3.82. The van der Waals surface area contributed by atoms with Crippen LogP contribution in [-0.2, 0) is 20.2 Å². The number of aromatic hydroxyl groups is 1. The number of hydrogen-bond donors (Lipinski definition) is 4. The molecule has 3 aromatic rings. The number of phenols is 1. The summed E-state index contributed by atoms with van der Waals surface area (Å²) in [7, 11) is -9.75. The molecule has 0 unspecified atom stereocenters. The Bertz CT molecular complexity index is 1300. The van der Waals surface area contributed by atoms with E-state index >= 15 is 0 Å². The smallest absolute Gasteiger partial charge is 0.297 e. The van der Waals surface area contributed by atoms with E-state index in [4.69, 9.17) is 0 Å². The molecule has 146 valence electrons. The molecular weight excluding hydrogens is 410 g/mol. The number of rotatable bonds is 4. The Morgan fingerprint density at radius 2 is 1.46 bits per heavy atom. The molecule has 0 radical (unpaired) electrons. The van der Waals surface area contributed by atoms with Crippen LogP contribution >= 0.6 is 0 Å². The molecule has 0 saturated heterocycles. The van der Waals surface area contributed by atoms with Crippen LogP contribution in [0.1, 0.15) is 10.4 Å². The van der Waals surface area contributed by atoms with Crippen molar-refractivity contribution in [2.75, 3.05) is 5.32 Å². The van der Waals surface area contributed by atoms with Crippen LogP contribution in [0.5, 0.6) is 5.75 Å². The highest BCUT2D eigenvalue weighted by Crippen LogP contribution is 2.37. The summed E-state index contributed by atoms with van der Waals surface area (Å²) in [4.78, 5) is 10.7. The second-order valence-electron chi connectivity index (χ2n) is 5.75. The van der Waals surface area contributed by atoms with Gasteiger partial charge in [-0.15, -0.1) is 0 Å². The minimum absolute atomic E-state index is 0.113. The van der Waals surface area contributed by atoms with Gasteiger partial charge in [0.1, 0.15) is 10.6 Å². The van der Waals surface area contributed by atoms with Gasteiger partial charge in [-0.25, -0.2) is 0 Å². The fraction of sp³-hybridized carbons (Fsp3) is 0. The lowest BCUT2D eigenvalue weighted by Gasteiger charge is -2.13. The van der Waals surface area contributed by atoms with Gasteiger partial charge in [0.05, 0.1) is 10.6 Å². The average Bonchev–Trinajstić information content (AvgIpc) is 2.60. The fourth-order valence-corrected chi connectivity index (χ4v) is 4.04. The predicted octanol–water partition coefficient (Wildman–Crippen LogP) is 2.29. The molecule has 0 aromatic heterocycles. The van der Waals surface area contributed by atoms with Gasteiger partial charge in [-0.05, 0) is 30.3 Å². The zero-order chi connectivity index (χ0) is 20.7. The maximum atomic E-state index is 12.3. The van der Waals surface area contributed by atoms with Crippen LogP contribution in [0.4, 0.5) is 5.69 Å². The van der Waals surface area contributed by atoms with Crippen LogP contribution in [0.2, 0.25) is 0 Å². The third-order valence-corrected chi connectivity index (χ3v) is 5.66. The number of fused-ring (bicyclic) bond motifs is 1. The van der Waals surface area contributed by atoms with Crippen LogP contribution in [0, 0.1) is 0 Å². The number of phenolic OH excluding ortho intramolecular Hbond substituents is 1. The molecule has 3 rings (SSSR count). The van der Waals surface area contributed by atoms with Crippen molar-refractivity contribution >= 4 is 42.6 Å². The Kier molecular flexibility index (Phi) is 4.85. The van der Waals surface area contributed by atoms with E-state index in [9.17, 15) is 35.8 Å². The molecule has 11 heteroatoms. The largest absolute Gasteiger partial charge is 0.507 e. The van der Waals surface area contributed by atoms with E-state index in [-0.39, 0.29) is 16.6 Å². The molecule has 0 bridgehead atoms. The molecule has 9 nitrogen and oxygen atoms in total. The number of amides is 1. The number of anilines is 1. The summed E-state index contributed by atoms with van der Waals surface area (Å²) in [6.45, 7) is 0. The molecule has 0 atom stereocenters. The quantitative estimate of drug-likeness (QED) is 0.465. The van der Waals surface area contributed by atoms with Crippen LogP contribution < -0.4 is 5.32 Å². The Morgan fingerprint density at radius 1 is 0.821 bits per heavy atom. The van der Waals surface area contributed by atoms with Crippen LogP contribution in [0.25, 0.3) is 10.8 Å². The Hall–Kier alpha value is -2.99. The van der Waals surface area contributed by atoms with Crippen molar-refractivity contribution in [3.63, 3.8) is 0 Å². The van der Waals surface area contributed by atoms with Crippen molar-refractivity contribution in [3.8, 4) is 5.75 Å². The first-order valence-electron chi connectivity index (χ1n) is 7.59. The number of hydrogen-bond acceptors (Lipinski definition) is 6. The van der Waals surface area contributed by atoms with Crippen LogP contribution in [-0.4, -0.2) is 37.0 Å². The molecule has 0 fully saturated rings. The summed E-state index contributed by atoms with van der Waals surface area (Å²) in [5.41, 5.74) is -0.130. The molecule has 28 heavy (non-hydrogen) atoms. The van der Waals surface area contributed by atoms with E-state index in [1.54, 1.807) is 18.2 Å². The zero-order valence-electron chi connectivity index (χ0n) is 13.9. The fourth-order valence-electron chi connectivity index (χ4n) is 2.67. The summed E-state index contributed by atoms with van der Waals surface area (Å²) in [6, 6.07) is 11.7. The van der Waals surface area contributed by atoms with Crippen molar-refractivity contribution in [1.82, 2.24) is 0 Å². The van der Waals surface area contributed by atoms with Gasteiger partial charge in [-0.1, -0.05) is 18.2 Å². The Morgan fingerprint density at radius 3 is 2.04 bits per heavy atom. The third-order valence-electron chi connectivity index (χ3n) is 3.88. The summed E-state index contributed by atoms with van der Waals surface area (Å²) in [6.07, 6.45) is 0. The number of benzene rings is 3. The lowest BCUT2D eigenvalue weighted by Crippen LogP contribution is -2.15.